The van der Waals surface area contributed by atoms with E-state index in [0.717, 1.165) is 40.2 Å². The summed E-state index contributed by atoms with van der Waals surface area (Å²) in [4.78, 5) is 25.6. The van der Waals surface area contributed by atoms with Crippen molar-refractivity contribution in [2.24, 2.45) is 11.5 Å². The van der Waals surface area contributed by atoms with Gasteiger partial charge in [0.05, 0.1) is 39.6 Å². The van der Waals surface area contributed by atoms with Crippen molar-refractivity contribution in [3.63, 3.8) is 0 Å². The highest BCUT2D eigenvalue weighted by atomic mass is 16.6. The molecule has 0 bridgehead atoms. The first kappa shape index (κ1) is 37.8. The van der Waals surface area contributed by atoms with Crippen LogP contribution in [-0.2, 0) is 41.8 Å². The van der Waals surface area contributed by atoms with E-state index in [9.17, 15) is 9.59 Å². The summed E-state index contributed by atoms with van der Waals surface area (Å²) >= 11 is 0. The Morgan fingerprint density at radius 2 is 1.06 bits per heavy atom. The molecule has 4 atom stereocenters. The summed E-state index contributed by atoms with van der Waals surface area (Å²) in [6.07, 6.45) is 1.23. The molecule has 0 fully saturated rings. The van der Waals surface area contributed by atoms with Gasteiger partial charge >= 0.3 is 11.9 Å². The molecular weight excluding hydrogens is 636 g/mol. The number of rotatable bonds is 18. The number of carbonyl (C=O) groups is 2. The summed E-state index contributed by atoms with van der Waals surface area (Å²) in [6, 6.07) is 34.1. The van der Waals surface area contributed by atoms with Gasteiger partial charge in [-0.3, -0.25) is 11.5 Å². The van der Waals surface area contributed by atoms with Gasteiger partial charge in [-0.15, -0.1) is 0 Å². The van der Waals surface area contributed by atoms with Crippen LogP contribution in [0.1, 0.15) is 61.2 Å². The minimum Gasteiger partial charge on any atom is -0.497 e. The topological polar surface area (TPSA) is 142 Å². The van der Waals surface area contributed by atoms with Crippen molar-refractivity contribution < 1.29 is 38.0 Å². The van der Waals surface area contributed by atoms with E-state index in [0.29, 0.717) is 12.4 Å². The average molecular weight is 683 g/mol. The summed E-state index contributed by atoms with van der Waals surface area (Å²) in [6.45, 7) is 3.74. The Morgan fingerprint density at radius 1 is 0.600 bits per heavy atom. The van der Waals surface area contributed by atoms with Crippen molar-refractivity contribution in [1.29, 1.82) is 0 Å². The molecule has 4 rings (SSSR count). The fourth-order valence-electron chi connectivity index (χ4n) is 5.24. The molecular formula is C40H46N2O8. The van der Waals surface area contributed by atoms with Gasteiger partial charge in [-0.05, 0) is 60.4 Å². The van der Waals surface area contributed by atoms with Gasteiger partial charge in [-0.1, -0.05) is 84.9 Å². The van der Waals surface area contributed by atoms with Crippen LogP contribution in [0, 0.1) is 0 Å². The first-order chi connectivity index (χ1) is 23.9. The first-order valence-corrected chi connectivity index (χ1v) is 16.3. The maximum atomic E-state index is 12.8. The highest BCUT2D eigenvalue weighted by molar-refractivity contribution is 5.92. The SMILES string of the molecule is COc1ccc(COC(CC(C)(N)OC(=O)/C=C\C(=O)OC(C)(N)CC(OCc2cccc(OC)c2)c2ccccc2)c2ccccc2)cc1. The van der Waals surface area contributed by atoms with Crippen molar-refractivity contribution in [3.05, 3.63) is 144 Å². The number of benzene rings is 4. The molecule has 264 valence electrons. The van der Waals surface area contributed by atoms with Crippen molar-refractivity contribution >= 4 is 11.9 Å². The van der Waals surface area contributed by atoms with E-state index in [-0.39, 0.29) is 19.4 Å². The maximum Gasteiger partial charge on any atom is 0.332 e. The van der Waals surface area contributed by atoms with Crippen LogP contribution >= 0.6 is 0 Å². The van der Waals surface area contributed by atoms with Crippen molar-refractivity contribution in [3.8, 4) is 11.5 Å². The van der Waals surface area contributed by atoms with Crippen LogP contribution in [-0.4, -0.2) is 37.6 Å². The van der Waals surface area contributed by atoms with Gasteiger partial charge in [0.25, 0.3) is 0 Å². The van der Waals surface area contributed by atoms with E-state index >= 15 is 0 Å². The lowest BCUT2D eigenvalue weighted by Gasteiger charge is -2.30. The molecule has 0 saturated heterocycles. The Hall–Kier alpha value is -5.00. The molecule has 0 amide bonds. The Bertz CT molecular complexity index is 1670. The van der Waals surface area contributed by atoms with E-state index in [1.165, 1.54) is 0 Å². The van der Waals surface area contributed by atoms with Crippen LogP contribution < -0.4 is 20.9 Å². The molecule has 0 radical (unpaired) electrons. The molecule has 0 spiro atoms. The third-order valence-corrected chi connectivity index (χ3v) is 7.74. The Morgan fingerprint density at radius 3 is 1.52 bits per heavy atom. The minimum absolute atomic E-state index is 0.142. The summed E-state index contributed by atoms with van der Waals surface area (Å²) < 4.78 is 34.1. The highest BCUT2D eigenvalue weighted by Crippen LogP contribution is 2.30. The lowest BCUT2D eigenvalue weighted by Crippen LogP contribution is -2.43. The molecule has 0 saturated carbocycles. The molecule has 4 aromatic rings. The van der Waals surface area contributed by atoms with Crippen LogP contribution in [0.3, 0.4) is 0 Å². The van der Waals surface area contributed by atoms with Crippen LogP contribution in [0.5, 0.6) is 11.5 Å². The Balaban J connectivity index is 1.34. The summed E-state index contributed by atoms with van der Waals surface area (Å²) in [5, 5.41) is 0. The molecule has 10 nitrogen and oxygen atoms in total. The van der Waals surface area contributed by atoms with Gasteiger partial charge in [0, 0.05) is 25.0 Å². The van der Waals surface area contributed by atoms with Gasteiger partial charge in [0.1, 0.15) is 11.5 Å². The van der Waals surface area contributed by atoms with Crippen LogP contribution in [0.4, 0.5) is 0 Å². The predicted molar refractivity (Wildman–Crippen MR) is 190 cm³/mol. The number of ether oxygens (including phenoxy) is 6. The molecule has 0 aromatic heterocycles. The number of esters is 2. The average Bonchev–Trinajstić information content (AvgIpc) is 3.11. The van der Waals surface area contributed by atoms with Crippen LogP contribution in [0.2, 0.25) is 0 Å². The molecule has 50 heavy (non-hydrogen) atoms. The van der Waals surface area contributed by atoms with Gasteiger partial charge in [0.15, 0.2) is 11.4 Å². The molecule has 0 aliphatic rings. The third-order valence-electron chi connectivity index (χ3n) is 7.74. The number of carbonyl (C=O) groups excluding carboxylic acids is 2. The van der Waals surface area contributed by atoms with Gasteiger partial charge in [-0.25, -0.2) is 9.59 Å². The molecule has 0 heterocycles. The van der Waals surface area contributed by atoms with E-state index in [1.54, 1.807) is 28.1 Å². The van der Waals surface area contributed by atoms with Crippen LogP contribution in [0.15, 0.2) is 121 Å². The van der Waals surface area contributed by atoms with Crippen LogP contribution in [0.25, 0.3) is 0 Å². The first-order valence-electron chi connectivity index (χ1n) is 16.3. The van der Waals surface area contributed by atoms with E-state index in [1.807, 2.05) is 109 Å². The smallest absolute Gasteiger partial charge is 0.332 e. The monoisotopic (exact) mass is 682 g/mol. The second-order valence-electron chi connectivity index (χ2n) is 12.3. The summed E-state index contributed by atoms with van der Waals surface area (Å²) in [5.41, 5.74) is 13.6. The zero-order chi connectivity index (χ0) is 36.0. The van der Waals surface area contributed by atoms with Gasteiger partial charge in [-0.2, -0.15) is 0 Å². The molecule has 4 aromatic carbocycles. The second kappa shape index (κ2) is 18.1. The molecule has 4 N–H and O–H groups in total. The number of nitrogens with two attached hydrogens (primary N) is 2. The Labute approximate surface area is 293 Å². The summed E-state index contributed by atoms with van der Waals surface area (Å²) in [7, 11) is 3.21. The van der Waals surface area contributed by atoms with Crippen molar-refractivity contribution in [2.75, 3.05) is 14.2 Å². The minimum atomic E-state index is -1.44. The van der Waals surface area contributed by atoms with E-state index < -0.39 is 35.6 Å². The maximum absolute atomic E-state index is 12.8. The zero-order valence-electron chi connectivity index (χ0n) is 29.0. The summed E-state index contributed by atoms with van der Waals surface area (Å²) in [5.74, 6) is -0.185. The van der Waals surface area contributed by atoms with Crippen molar-refractivity contribution in [1.82, 2.24) is 0 Å². The predicted octanol–water partition coefficient (Wildman–Crippen LogP) is 6.69. The highest BCUT2D eigenvalue weighted by Gasteiger charge is 2.31. The Kier molecular flexibility index (Phi) is 13.7. The van der Waals surface area contributed by atoms with Gasteiger partial charge < -0.3 is 28.4 Å². The quantitative estimate of drug-likeness (QED) is 0.0662. The largest absolute Gasteiger partial charge is 0.497 e. The number of hydrogen-bond acceptors (Lipinski definition) is 10. The van der Waals surface area contributed by atoms with Gasteiger partial charge in [0.2, 0.25) is 0 Å². The van der Waals surface area contributed by atoms with E-state index in [2.05, 4.69) is 0 Å². The fraction of sp³-hybridized carbons (Fsp3) is 0.300. The second-order valence-corrected chi connectivity index (χ2v) is 12.3. The lowest BCUT2D eigenvalue weighted by molar-refractivity contribution is -0.158. The fourth-order valence-corrected chi connectivity index (χ4v) is 5.24. The molecule has 10 heteroatoms. The number of methoxy groups -OCH3 is 2. The standard InChI is InChI=1S/C40H46N2O8/c1-39(41,25-35(31-13-7-5-8-14-31)47-27-29-18-20-33(45-3)21-19-29)49-37(43)22-23-38(44)50-40(2,42)26-36(32-15-9-6-10-16-32)48-28-30-12-11-17-34(24-30)46-4/h5-24,35-36H,25-28,41-42H2,1-4H3/b23-22-. The van der Waals surface area contributed by atoms with Crippen molar-refractivity contribution in [2.45, 2.75) is 63.6 Å². The third kappa shape index (κ3) is 12.5. The van der Waals surface area contributed by atoms with E-state index in [4.69, 9.17) is 39.9 Å². The normalized spacial score (nSPS) is 14.9. The lowest BCUT2D eigenvalue weighted by atomic mass is 10.0. The zero-order valence-corrected chi connectivity index (χ0v) is 29.0. The molecule has 4 unspecified atom stereocenters. The molecule has 0 aliphatic carbocycles. The number of hydrogen-bond donors (Lipinski definition) is 2. The molecule has 0 aliphatic heterocycles.